The first-order valence-corrected chi connectivity index (χ1v) is 9.58. The van der Waals surface area contributed by atoms with Gasteiger partial charge in [-0.05, 0) is 54.1 Å². The summed E-state index contributed by atoms with van der Waals surface area (Å²) in [6.45, 7) is 0.0388. The molecule has 1 atom stereocenters. The first-order valence-electron chi connectivity index (χ1n) is 9.58. The Morgan fingerprint density at radius 3 is 2.73 bits per heavy atom. The van der Waals surface area contributed by atoms with Crippen molar-refractivity contribution in [2.75, 3.05) is 7.11 Å². The van der Waals surface area contributed by atoms with Crippen molar-refractivity contribution >= 4 is 22.7 Å². The third kappa shape index (κ3) is 3.22. The molecule has 8 nitrogen and oxygen atoms in total. The first-order chi connectivity index (χ1) is 14.7. The number of nitrogens with zero attached hydrogens (tertiary/aromatic N) is 5. The minimum Gasteiger partial charge on any atom is -0.497 e. The van der Waals surface area contributed by atoms with Crippen molar-refractivity contribution in [3.63, 3.8) is 0 Å². The number of hydrazone groups is 1. The van der Waals surface area contributed by atoms with Gasteiger partial charge in [0.25, 0.3) is 5.91 Å². The Hall–Kier alpha value is -3.94. The van der Waals surface area contributed by atoms with Crippen molar-refractivity contribution in [3.05, 3.63) is 78.3 Å². The topological polar surface area (TPSA) is 85.8 Å². The number of amides is 1. The second-order valence-electron chi connectivity index (χ2n) is 6.98. The monoisotopic (exact) mass is 401 g/mol. The number of furan rings is 1. The zero-order valence-electron chi connectivity index (χ0n) is 16.3. The van der Waals surface area contributed by atoms with Crippen molar-refractivity contribution < 1.29 is 13.9 Å². The summed E-state index contributed by atoms with van der Waals surface area (Å²) in [5.74, 6) is 1.28. The summed E-state index contributed by atoms with van der Waals surface area (Å²) in [6, 6.07) is 18.6. The number of aromatic nitrogens is 3. The highest BCUT2D eigenvalue weighted by molar-refractivity contribution is 6.03. The summed E-state index contributed by atoms with van der Waals surface area (Å²) in [4.78, 5) is 13.2. The Bertz CT molecular complexity index is 1210. The molecule has 2 aromatic carbocycles. The van der Waals surface area contributed by atoms with Gasteiger partial charge in [0.05, 0.1) is 24.6 Å². The van der Waals surface area contributed by atoms with Crippen molar-refractivity contribution in [2.24, 2.45) is 5.10 Å². The predicted octanol–water partition coefficient (Wildman–Crippen LogP) is 3.41. The Morgan fingerprint density at radius 1 is 1.13 bits per heavy atom. The molecule has 3 heterocycles. The molecule has 8 heteroatoms. The number of carbonyl (C=O) groups excluding carboxylic acids is 1. The first kappa shape index (κ1) is 18.1. The average Bonchev–Trinajstić information content (AvgIpc) is 3.53. The smallest absolute Gasteiger partial charge is 0.265 e. The van der Waals surface area contributed by atoms with Gasteiger partial charge < -0.3 is 9.15 Å². The average molecular weight is 401 g/mol. The summed E-state index contributed by atoms with van der Waals surface area (Å²) in [7, 11) is 1.63. The second-order valence-corrected chi connectivity index (χ2v) is 6.98. The number of carbonyl (C=O) groups is 1. The van der Waals surface area contributed by atoms with E-state index in [1.54, 1.807) is 18.1 Å². The molecular formula is C22H19N5O3. The lowest BCUT2D eigenvalue weighted by atomic mass is 10.0. The molecule has 0 saturated heterocycles. The number of ether oxygens (including phenoxy) is 1. The van der Waals surface area contributed by atoms with Crippen LogP contribution in [0.15, 0.2) is 76.4 Å². The van der Waals surface area contributed by atoms with Crippen LogP contribution in [0.2, 0.25) is 0 Å². The van der Waals surface area contributed by atoms with Gasteiger partial charge in [-0.2, -0.15) is 5.10 Å². The van der Waals surface area contributed by atoms with Gasteiger partial charge in [-0.15, -0.1) is 5.10 Å². The van der Waals surface area contributed by atoms with E-state index in [2.05, 4.69) is 15.4 Å². The molecule has 4 aromatic rings. The van der Waals surface area contributed by atoms with E-state index >= 15 is 0 Å². The van der Waals surface area contributed by atoms with Crippen molar-refractivity contribution in [3.8, 4) is 5.75 Å². The molecule has 30 heavy (non-hydrogen) atoms. The van der Waals surface area contributed by atoms with E-state index < -0.39 is 0 Å². The third-order valence-corrected chi connectivity index (χ3v) is 5.17. The van der Waals surface area contributed by atoms with Gasteiger partial charge in [0.15, 0.2) is 0 Å². The van der Waals surface area contributed by atoms with Gasteiger partial charge in [-0.25, -0.2) is 9.69 Å². The second kappa shape index (κ2) is 7.47. The molecule has 0 bridgehead atoms. The molecule has 0 fully saturated rings. The van der Waals surface area contributed by atoms with Gasteiger partial charge in [-0.1, -0.05) is 17.3 Å². The van der Waals surface area contributed by atoms with E-state index in [4.69, 9.17) is 9.15 Å². The fraction of sp³-hybridized carbons (Fsp3) is 0.182. The Labute approximate surface area is 172 Å². The van der Waals surface area contributed by atoms with Gasteiger partial charge in [0.2, 0.25) is 0 Å². The summed E-state index contributed by atoms with van der Waals surface area (Å²) in [5.41, 5.74) is 3.31. The molecule has 0 spiro atoms. The minimum absolute atomic E-state index is 0.0388. The zero-order chi connectivity index (χ0) is 20.5. The van der Waals surface area contributed by atoms with E-state index in [9.17, 15) is 4.79 Å². The summed E-state index contributed by atoms with van der Waals surface area (Å²) < 4.78 is 12.4. The minimum atomic E-state index is -0.306. The summed E-state index contributed by atoms with van der Waals surface area (Å²) in [5, 5.41) is 14.4. The lowest BCUT2D eigenvalue weighted by Gasteiger charge is -2.19. The Balaban J connectivity index is 1.45. The van der Waals surface area contributed by atoms with E-state index in [0.29, 0.717) is 12.2 Å². The van der Waals surface area contributed by atoms with Crippen LogP contribution in [-0.4, -0.2) is 38.7 Å². The number of benzene rings is 2. The highest BCUT2D eigenvalue weighted by Crippen LogP contribution is 2.33. The largest absolute Gasteiger partial charge is 0.497 e. The molecule has 1 amide bonds. The molecule has 0 radical (unpaired) electrons. The molecule has 150 valence electrons. The molecule has 1 aliphatic heterocycles. The van der Waals surface area contributed by atoms with Crippen LogP contribution in [-0.2, 0) is 11.3 Å². The molecule has 0 saturated carbocycles. The maximum atomic E-state index is 13.2. The maximum Gasteiger partial charge on any atom is 0.265 e. The fourth-order valence-corrected chi connectivity index (χ4v) is 3.64. The van der Waals surface area contributed by atoms with Crippen LogP contribution in [0.1, 0.15) is 23.8 Å². The summed E-state index contributed by atoms with van der Waals surface area (Å²) >= 11 is 0. The molecule has 1 aliphatic rings. The van der Waals surface area contributed by atoms with Crippen LogP contribution < -0.4 is 4.74 Å². The number of rotatable bonds is 5. The number of para-hydroxylation sites is 1. The SMILES string of the molecule is COc1ccc(C2=NN(C(=O)Cn3nnc4ccccc43)[C@@H](c3ccco3)C2)cc1. The third-order valence-electron chi connectivity index (χ3n) is 5.17. The van der Waals surface area contributed by atoms with Crippen molar-refractivity contribution in [2.45, 2.75) is 19.0 Å². The van der Waals surface area contributed by atoms with Gasteiger partial charge >= 0.3 is 0 Å². The number of hydrogen-bond donors (Lipinski definition) is 0. The van der Waals surface area contributed by atoms with Crippen LogP contribution in [0, 0.1) is 0 Å². The molecule has 0 aliphatic carbocycles. The van der Waals surface area contributed by atoms with Crippen LogP contribution in [0.4, 0.5) is 0 Å². The number of fused-ring (bicyclic) bond motifs is 1. The van der Waals surface area contributed by atoms with Crippen LogP contribution >= 0.6 is 0 Å². The normalized spacial score (nSPS) is 16.1. The maximum absolute atomic E-state index is 13.2. The van der Waals surface area contributed by atoms with Crippen LogP contribution in [0.5, 0.6) is 5.75 Å². The lowest BCUT2D eigenvalue weighted by molar-refractivity contribution is -0.134. The predicted molar refractivity (Wildman–Crippen MR) is 110 cm³/mol. The van der Waals surface area contributed by atoms with Crippen molar-refractivity contribution in [1.82, 2.24) is 20.0 Å². The fourth-order valence-electron chi connectivity index (χ4n) is 3.64. The molecule has 5 rings (SSSR count). The van der Waals surface area contributed by atoms with Gasteiger partial charge in [0.1, 0.15) is 29.6 Å². The Morgan fingerprint density at radius 2 is 1.97 bits per heavy atom. The van der Waals surface area contributed by atoms with Crippen molar-refractivity contribution in [1.29, 1.82) is 0 Å². The van der Waals surface area contributed by atoms with Crippen LogP contribution in [0.3, 0.4) is 0 Å². The molecular weight excluding hydrogens is 382 g/mol. The van der Waals surface area contributed by atoms with E-state index in [-0.39, 0.29) is 18.5 Å². The van der Waals surface area contributed by atoms with E-state index in [1.165, 1.54) is 5.01 Å². The highest BCUT2D eigenvalue weighted by atomic mass is 16.5. The van der Waals surface area contributed by atoms with E-state index in [0.717, 1.165) is 28.1 Å². The highest BCUT2D eigenvalue weighted by Gasteiger charge is 2.35. The van der Waals surface area contributed by atoms with E-state index in [1.807, 2.05) is 60.7 Å². The molecule has 0 unspecified atom stereocenters. The van der Waals surface area contributed by atoms with Crippen LogP contribution in [0.25, 0.3) is 11.0 Å². The zero-order valence-corrected chi connectivity index (χ0v) is 16.3. The number of hydrogen-bond acceptors (Lipinski definition) is 6. The van der Waals surface area contributed by atoms with Gasteiger partial charge in [-0.3, -0.25) is 4.79 Å². The quantitative estimate of drug-likeness (QED) is 0.512. The van der Waals surface area contributed by atoms with Gasteiger partial charge in [0, 0.05) is 6.42 Å². The number of methoxy groups -OCH3 is 1. The lowest BCUT2D eigenvalue weighted by Crippen LogP contribution is -2.30. The molecule has 2 aromatic heterocycles. The standard InChI is InChI=1S/C22H19N5O3/c1-29-16-10-8-15(9-11-16)18-13-20(21-7-4-12-30-21)27(24-18)22(28)14-26-19-6-3-2-5-17(19)23-25-26/h2-12,20H,13-14H2,1H3/t20-/m1/s1. The molecule has 0 N–H and O–H groups in total. The Kier molecular flexibility index (Phi) is 4.51. The summed E-state index contributed by atoms with van der Waals surface area (Å²) in [6.07, 6.45) is 2.16.